The molecule has 104 valence electrons. The predicted molar refractivity (Wildman–Crippen MR) is 71.3 cm³/mol. The van der Waals surface area contributed by atoms with E-state index in [2.05, 4.69) is 32.2 Å². The quantitative estimate of drug-likeness (QED) is 0.607. The Bertz CT molecular complexity index is 271. The van der Waals surface area contributed by atoms with Crippen LogP contribution in [0.25, 0.3) is 0 Å². The van der Waals surface area contributed by atoms with Gasteiger partial charge < -0.3 is 9.47 Å². The smallest absolute Gasteiger partial charge is 0.133 e. The van der Waals surface area contributed by atoms with Crippen LogP contribution in [0.4, 0.5) is 0 Å². The molecule has 0 bridgehead atoms. The van der Waals surface area contributed by atoms with Gasteiger partial charge in [0.15, 0.2) is 0 Å². The highest BCUT2D eigenvalue weighted by Crippen LogP contribution is 2.39. The molecule has 1 atom stereocenters. The number of ether oxygens (including phenoxy) is 2. The van der Waals surface area contributed by atoms with E-state index in [0.717, 1.165) is 25.9 Å². The molecule has 4 nitrogen and oxygen atoms in total. The van der Waals surface area contributed by atoms with E-state index in [-0.39, 0.29) is 0 Å². The lowest BCUT2D eigenvalue weighted by molar-refractivity contribution is 0.0242. The zero-order valence-corrected chi connectivity index (χ0v) is 11.9. The summed E-state index contributed by atoms with van der Waals surface area (Å²) in [6.07, 6.45) is 3.28. The van der Waals surface area contributed by atoms with Crippen LogP contribution in [0.1, 0.15) is 40.0 Å². The Morgan fingerprint density at radius 2 is 1.94 bits per heavy atom. The van der Waals surface area contributed by atoms with Gasteiger partial charge in [0.2, 0.25) is 0 Å². The van der Waals surface area contributed by atoms with Crippen LogP contribution >= 0.6 is 0 Å². The Hall–Kier alpha value is -0.630. The minimum Gasteiger partial charge on any atom is -0.379 e. The minimum atomic E-state index is -0.501. The Kier molecular flexibility index (Phi) is 6.62. The van der Waals surface area contributed by atoms with Gasteiger partial charge in [-0.05, 0) is 39.0 Å². The molecule has 0 aromatic carbocycles. The normalized spacial score (nSPS) is 18.6. The molecule has 0 radical (unpaired) electrons. The summed E-state index contributed by atoms with van der Waals surface area (Å²) in [5, 5.41) is 12.8. The Morgan fingerprint density at radius 1 is 1.28 bits per heavy atom. The van der Waals surface area contributed by atoms with E-state index in [1.165, 1.54) is 0 Å². The van der Waals surface area contributed by atoms with Crippen molar-refractivity contribution in [2.75, 3.05) is 26.4 Å². The van der Waals surface area contributed by atoms with Crippen LogP contribution < -0.4 is 5.32 Å². The fourth-order valence-corrected chi connectivity index (χ4v) is 2.12. The van der Waals surface area contributed by atoms with Crippen LogP contribution in [0.5, 0.6) is 0 Å². The molecule has 4 heteroatoms. The number of nitrogens with one attached hydrogen (secondary N) is 1. The van der Waals surface area contributed by atoms with E-state index < -0.39 is 5.54 Å². The van der Waals surface area contributed by atoms with E-state index in [0.29, 0.717) is 31.8 Å². The summed E-state index contributed by atoms with van der Waals surface area (Å²) >= 11 is 0. The van der Waals surface area contributed by atoms with Crippen molar-refractivity contribution in [2.24, 2.45) is 5.92 Å². The molecule has 0 heterocycles. The average Bonchev–Trinajstić information content (AvgIpc) is 3.16. The SMILES string of the molecule is CCCOCCOCC(C#N)(NC(C)C)C1CC1. The summed E-state index contributed by atoms with van der Waals surface area (Å²) in [6.45, 7) is 8.64. The van der Waals surface area contributed by atoms with Crippen molar-refractivity contribution in [1.29, 1.82) is 5.26 Å². The highest BCUT2D eigenvalue weighted by atomic mass is 16.5. The molecule has 0 aromatic heterocycles. The van der Waals surface area contributed by atoms with Gasteiger partial charge in [-0.25, -0.2) is 0 Å². The van der Waals surface area contributed by atoms with Crippen LogP contribution in [0.3, 0.4) is 0 Å². The molecule has 1 fully saturated rings. The third kappa shape index (κ3) is 4.93. The molecule has 0 amide bonds. The first-order valence-electron chi connectivity index (χ1n) is 6.99. The summed E-state index contributed by atoms with van der Waals surface area (Å²) < 4.78 is 11.0. The molecule has 1 rings (SSSR count). The first kappa shape index (κ1) is 15.4. The number of hydrogen-bond acceptors (Lipinski definition) is 4. The second-order valence-electron chi connectivity index (χ2n) is 5.32. The molecule has 1 aliphatic carbocycles. The maximum atomic E-state index is 9.45. The van der Waals surface area contributed by atoms with Crippen molar-refractivity contribution in [1.82, 2.24) is 5.32 Å². The highest BCUT2D eigenvalue weighted by Gasteiger charge is 2.46. The van der Waals surface area contributed by atoms with Crippen molar-refractivity contribution in [3.63, 3.8) is 0 Å². The van der Waals surface area contributed by atoms with E-state index in [1.54, 1.807) is 0 Å². The zero-order chi connectivity index (χ0) is 13.4. The van der Waals surface area contributed by atoms with E-state index in [9.17, 15) is 5.26 Å². The van der Waals surface area contributed by atoms with Crippen LogP contribution in [0.15, 0.2) is 0 Å². The number of nitriles is 1. The standard InChI is InChI=1S/C14H26N2O2/c1-4-7-17-8-9-18-11-14(10-15,13-5-6-13)16-12(2)3/h12-13,16H,4-9,11H2,1-3H3. The number of hydrogen-bond donors (Lipinski definition) is 1. The molecule has 0 saturated heterocycles. The molecule has 0 spiro atoms. The number of nitrogens with zero attached hydrogens (tertiary/aromatic N) is 1. The lowest BCUT2D eigenvalue weighted by atomic mass is 9.95. The van der Waals surface area contributed by atoms with Crippen LogP contribution in [0, 0.1) is 17.2 Å². The Labute approximate surface area is 111 Å². The fourth-order valence-electron chi connectivity index (χ4n) is 2.12. The minimum absolute atomic E-state index is 0.296. The van der Waals surface area contributed by atoms with Gasteiger partial charge in [-0.1, -0.05) is 6.92 Å². The van der Waals surface area contributed by atoms with Crippen LogP contribution in [-0.4, -0.2) is 38.0 Å². The van der Waals surface area contributed by atoms with Crippen molar-refractivity contribution in [3.8, 4) is 6.07 Å². The summed E-state index contributed by atoms with van der Waals surface area (Å²) in [5.74, 6) is 0.446. The largest absolute Gasteiger partial charge is 0.379 e. The third-order valence-corrected chi connectivity index (χ3v) is 3.07. The molecule has 0 aromatic rings. The van der Waals surface area contributed by atoms with Gasteiger partial charge in [0.1, 0.15) is 5.54 Å². The van der Waals surface area contributed by atoms with Gasteiger partial charge in [-0.2, -0.15) is 5.26 Å². The van der Waals surface area contributed by atoms with Gasteiger partial charge in [0, 0.05) is 12.6 Å². The fraction of sp³-hybridized carbons (Fsp3) is 0.929. The van der Waals surface area contributed by atoms with Gasteiger partial charge in [0.05, 0.1) is 25.9 Å². The number of rotatable bonds is 10. The van der Waals surface area contributed by atoms with Crippen LogP contribution in [0.2, 0.25) is 0 Å². The van der Waals surface area contributed by atoms with E-state index in [4.69, 9.17) is 9.47 Å². The second kappa shape index (κ2) is 7.73. The molecule has 1 aliphatic rings. The lowest BCUT2D eigenvalue weighted by Crippen LogP contribution is -2.53. The molecule has 1 unspecified atom stereocenters. The highest BCUT2D eigenvalue weighted by molar-refractivity contribution is 5.15. The van der Waals surface area contributed by atoms with Gasteiger partial charge in [0.25, 0.3) is 0 Å². The molecule has 1 saturated carbocycles. The Balaban J connectivity index is 2.31. The van der Waals surface area contributed by atoms with E-state index >= 15 is 0 Å². The molecule has 1 N–H and O–H groups in total. The summed E-state index contributed by atoms with van der Waals surface area (Å²) in [4.78, 5) is 0. The zero-order valence-electron chi connectivity index (χ0n) is 11.9. The molecular formula is C14H26N2O2. The maximum Gasteiger partial charge on any atom is 0.133 e. The van der Waals surface area contributed by atoms with Crippen molar-refractivity contribution >= 4 is 0 Å². The van der Waals surface area contributed by atoms with Crippen molar-refractivity contribution < 1.29 is 9.47 Å². The molecule has 18 heavy (non-hydrogen) atoms. The summed E-state index contributed by atoms with van der Waals surface area (Å²) in [6, 6.07) is 2.73. The van der Waals surface area contributed by atoms with Crippen molar-refractivity contribution in [3.05, 3.63) is 0 Å². The second-order valence-corrected chi connectivity index (χ2v) is 5.32. The van der Waals surface area contributed by atoms with Crippen molar-refractivity contribution in [2.45, 2.75) is 51.6 Å². The predicted octanol–water partition coefficient (Wildman–Crippen LogP) is 2.10. The Morgan fingerprint density at radius 3 is 2.44 bits per heavy atom. The third-order valence-electron chi connectivity index (χ3n) is 3.07. The first-order valence-corrected chi connectivity index (χ1v) is 6.99. The maximum absolute atomic E-state index is 9.45. The lowest BCUT2D eigenvalue weighted by Gasteiger charge is -2.30. The van der Waals surface area contributed by atoms with Gasteiger partial charge in [-0.15, -0.1) is 0 Å². The topological polar surface area (TPSA) is 54.3 Å². The van der Waals surface area contributed by atoms with Gasteiger partial charge >= 0.3 is 0 Å². The average molecular weight is 254 g/mol. The molecule has 0 aliphatic heterocycles. The first-order chi connectivity index (χ1) is 8.64. The van der Waals surface area contributed by atoms with Gasteiger partial charge in [-0.3, -0.25) is 5.32 Å². The van der Waals surface area contributed by atoms with Crippen LogP contribution in [-0.2, 0) is 9.47 Å². The summed E-state index contributed by atoms with van der Waals surface area (Å²) in [5.41, 5.74) is -0.501. The summed E-state index contributed by atoms with van der Waals surface area (Å²) in [7, 11) is 0. The molecular weight excluding hydrogens is 228 g/mol. The monoisotopic (exact) mass is 254 g/mol. The van der Waals surface area contributed by atoms with E-state index in [1.807, 2.05) is 0 Å².